The minimum atomic E-state index is -0.310. The summed E-state index contributed by atoms with van der Waals surface area (Å²) in [6.45, 7) is 6.40. The van der Waals surface area contributed by atoms with Gasteiger partial charge in [-0.05, 0) is 49.4 Å². The second kappa shape index (κ2) is 7.24. The second-order valence-corrected chi connectivity index (χ2v) is 5.45. The van der Waals surface area contributed by atoms with E-state index >= 15 is 0 Å². The Morgan fingerprint density at radius 3 is 2.63 bits per heavy atom. The fourth-order valence-electron chi connectivity index (χ4n) is 2.07. The fraction of sp³-hybridized carbons (Fsp3) is 0.533. The van der Waals surface area contributed by atoms with Crippen molar-refractivity contribution in [1.29, 1.82) is 0 Å². The van der Waals surface area contributed by atoms with Crippen molar-refractivity contribution in [1.82, 2.24) is 0 Å². The van der Waals surface area contributed by atoms with E-state index in [1.54, 1.807) is 19.1 Å². The lowest BCUT2D eigenvalue weighted by atomic mass is 9.94. The Balaban J connectivity index is 2.56. The van der Waals surface area contributed by atoms with Crippen LogP contribution < -0.4 is 11.1 Å². The number of carbonyl (C=O) groups is 1. The van der Waals surface area contributed by atoms with Gasteiger partial charge in [0.15, 0.2) is 0 Å². The molecule has 0 fully saturated rings. The van der Waals surface area contributed by atoms with Crippen LogP contribution in [0.5, 0.6) is 0 Å². The van der Waals surface area contributed by atoms with E-state index in [2.05, 4.69) is 19.2 Å². The lowest BCUT2D eigenvalue weighted by molar-refractivity contribution is -0.117. The normalized spacial score (nSPS) is 12.5. The van der Waals surface area contributed by atoms with Gasteiger partial charge in [-0.15, -0.1) is 0 Å². The topological polar surface area (TPSA) is 55.1 Å². The van der Waals surface area contributed by atoms with Gasteiger partial charge in [0.05, 0.1) is 0 Å². The summed E-state index contributed by atoms with van der Waals surface area (Å²) in [5.74, 6) is 0.267. The van der Waals surface area contributed by atoms with Crippen molar-refractivity contribution in [3.05, 3.63) is 29.6 Å². The average Bonchev–Trinajstić information content (AvgIpc) is 2.32. The molecule has 19 heavy (non-hydrogen) atoms. The van der Waals surface area contributed by atoms with Crippen LogP contribution in [0, 0.1) is 24.6 Å². The SMILES string of the molecule is Cc1ccc(NC(=O)C[C@@H](CN)CC(C)C)cc1F. The molecule has 106 valence electrons. The van der Waals surface area contributed by atoms with Crippen molar-refractivity contribution in [2.75, 3.05) is 11.9 Å². The Kier molecular flexibility index (Phi) is 5.96. The highest BCUT2D eigenvalue weighted by atomic mass is 19.1. The molecule has 1 atom stereocenters. The van der Waals surface area contributed by atoms with Crippen LogP contribution in [0.3, 0.4) is 0 Å². The van der Waals surface area contributed by atoms with E-state index in [9.17, 15) is 9.18 Å². The van der Waals surface area contributed by atoms with E-state index < -0.39 is 0 Å². The number of nitrogens with one attached hydrogen (secondary N) is 1. The molecular formula is C15H23FN2O. The molecule has 1 aromatic rings. The van der Waals surface area contributed by atoms with Gasteiger partial charge in [0.25, 0.3) is 0 Å². The third-order valence-corrected chi connectivity index (χ3v) is 3.07. The first kappa shape index (κ1) is 15.6. The molecule has 3 N–H and O–H groups in total. The van der Waals surface area contributed by atoms with E-state index in [4.69, 9.17) is 5.73 Å². The maximum Gasteiger partial charge on any atom is 0.224 e. The Morgan fingerprint density at radius 1 is 1.42 bits per heavy atom. The van der Waals surface area contributed by atoms with Crippen LogP contribution in [-0.2, 0) is 4.79 Å². The van der Waals surface area contributed by atoms with Crippen LogP contribution in [0.2, 0.25) is 0 Å². The van der Waals surface area contributed by atoms with Crippen LogP contribution in [0.15, 0.2) is 18.2 Å². The summed E-state index contributed by atoms with van der Waals surface area (Å²) >= 11 is 0. The second-order valence-electron chi connectivity index (χ2n) is 5.45. The minimum Gasteiger partial charge on any atom is -0.330 e. The van der Waals surface area contributed by atoms with Crippen molar-refractivity contribution < 1.29 is 9.18 Å². The molecule has 0 unspecified atom stereocenters. The monoisotopic (exact) mass is 266 g/mol. The van der Waals surface area contributed by atoms with Crippen molar-refractivity contribution in [2.24, 2.45) is 17.6 Å². The number of aryl methyl sites for hydroxylation is 1. The number of rotatable bonds is 6. The maximum atomic E-state index is 13.4. The minimum absolute atomic E-state index is 0.112. The van der Waals surface area contributed by atoms with Gasteiger partial charge < -0.3 is 11.1 Å². The van der Waals surface area contributed by atoms with Gasteiger partial charge in [0, 0.05) is 12.1 Å². The molecule has 3 nitrogen and oxygen atoms in total. The molecule has 0 bridgehead atoms. The summed E-state index contributed by atoms with van der Waals surface area (Å²) < 4.78 is 13.4. The molecule has 0 saturated carbocycles. The quantitative estimate of drug-likeness (QED) is 0.831. The van der Waals surface area contributed by atoms with Crippen LogP contribution in [0.25, 0.3) is 0 Å². The van der Waals surface area contributed by atoms with Crippen LogP contribution in [0.4, 0.5) is 10.1 Å². The van der Waals surface area contributed by atoms with E-state index in [0.29, 0.717) is 30.1 Å². The molecule has 0 spiro atoms. The number of nitrogens with two attached hydrogens (primary N) is 1. The molecule has 1 amide bonds. The van der Waals surface area contributed by atoms with E-state index in [1.165, 1.54) is 6.07 Å². The molecule has 1 rings (SSSR count). The molecule has 0 aliphatic carbocycles. The van der Waals surface area contributed by atoms with E-state index in [-0.39, 0.29) is 17.6 Å². The van der Waals surface area contributed by atoms with E-state index in [1.807, 2.05) is 0 Å². The predicted octanol–water partition coefficient (Wildman–Crippen LogP) is 3.08. The van der Waals surface area contributed by atoms with Gasteiger partial charge in [-0.1, -0.05) is 19.9 Å². The highest BCUT2D eigenvalue weighted by Gasteiger charge is 2.14. The summed E-state index contributed by atoms with van der Waals surface area (Å²) in [4.78, 5) is 11.9. The van der Waals surface area contributed by atoms with Crippen LogP contribution in [0.1, 0.15) is 32.3 Å². The van der Waals surface area contributed by atoms with Gasteiger partial charge in [0.2, 0.25) is 5.91 Å². The van der Waals surface area contributed by atoms with Crippen molar-refractivity contribution in [3.63, 3.8) is 0 Å². The lowest BCUT2D eigenvalue weighted by Gasteiger charge is -2.16. The van der Waals surface area contributed by atoms with Crippen molar-refractivity contribution in [2.45, 2.75) is 33.6 Å². The molecule has 4 heteroatoms. The molecule has 0 aliphatic heterocycles. The van der Waals surface area contributed by atoms with Crippen LogP contribution in [-0.4, -0.2) is 12.5 Å². The fourth-order valence-corrected chi connectivity index (χ4v) is 2.07. The van der Waals surface area contributed by atoms with Gasteiger partial charge in [-0.25, -0.2) is 4.39 Å². The number of carbonyl (C=O) groups excluding carboxylic acids is 1. The number of halogens is 1. The highest BCUT2D eigenvalue weighted by Crippen LogP contribution is 2.17. The first-order valence-corrected chi connectivity index (χ1v) is 6.68. The number of hydrogen-bond donors (Lipinski definition) is 2. The Hall–Kier alpha value is -1.42. The molecule has 0 saturated heterocycles. The van der Waals surface area contributed by atoms with Gasteiger partial charge in [0.1, 0.15) is 5.82 Å². The summed E-state index contributed by atoms with van der Waals surface area (Å²) in [5.41, 5.74) is 6.73. The zero-order chi connectivity index (χ0) is 14.4. The molecule has 0 aliphatic rings. The lowest BCUT2D eigenvalue weighted by Crippen LogP contribution is -2.23. The Bertz CT molecular complexity index is 432. The third kappa shape index (κ3) is 5.39. The standard InChI is InChI=1S/C15H23FN2O/c1-10(2)6-12(9-17)7-15(19)18-13-5-4-11(3)14(16)8-13/h4-5,8,10,12H,6-7,9,17H2,1-3H3,(H,18,19)/t12-/m0/s1. The Labute approximate surface area is 114 Å². The van der Waals surface area contributed by atoms with Gasteiger partial charge in [-0.2, -0.15) is 0 Å². The zero-order valence-corrected chi connectivity index (χ0v) is 11.9. The number of benzene rings is 1. The molecule has 0 aromatic heterocycles. The molecule has 0 heterocycles. The van der Waals surface area contributed by atoms with Crippen molar-refractivity contribution in [3.8, 4) is 0 Å². The maximum absolute atomic E-state index is 13.4. The number of amides is 1. The molecule has 1 aromatic carbocycles. The summed E-state index contributed by atoms with van der Waals surface area (Å²) in [6, 6.07) is 4.70. The van der Waals surface area contributed by atoms with Gasteiger partial charge in [-0.3, -0.25) is 4.79 Å². The smallest absolute Gasteiger partial charge is 0.224 e. The first-order chi connectivity index (χ1) is 8.92. The largest absolute Gasteiger partial charge is 0.330 e. The number of anilines is 1. The molecular weight excluding hydrogens is 243 g/mol. The van der Waals surface area contributed by atoms with Crippen molar-refractivity contribution >= 4 is 11.6 Å². The first-order valence-electron chi connectivity index (χ1n) is 6.68. The highest BCUT2D eigenvalue weighted by molar-refractivity contribution is 5.90. The summed E-state index contributed by atoms with van der Waals surface area (Å²) in [6.07, 6.45) is 1.30. The molecule has 0 radical (unpaired) electrons. The van der Waals surface area contributed by atoms with E-state index in [0.717, 1.165) is 6.42 Å². The van der Waals surface area contributed by atoms with Crippen LogP contribution >= 0.6 is 0 Å². The van der Waals surface area contributed by atoms with Gasteiger partial charge >= 0.3 is 0 Å². The summed E-state index contributed by atoms with van der Waals surface area (Å²) in [5, 5.41) is 2.71. The Morgan fingerprint density at radius 2 is 2.11 bits per heavy atom. The summed E-state index contributed by atoms with van der Waals surface area (Å²) in [7, 11) is 0. The predicted molar refractivity (Wildman–Crippen MR) is 76.4 cm³/mol. The third-order valence-electron chi connectivity index (χ3n) is 3.07. The number of hydrogen-bond acceptors (Lipinski definition) is 2. The zero-order valence-electron chi connectivity index (χ0n) is 11.9. The average molecular weight is 266 g/mol.